The third-order valence-electron chi connectivity index (χ3n) is 3.89. The minimum atomic E-state index is -0.909. The van der Waals surface area contributed by atoms with Crippen LogP contribution in [0.25, 0.3) is 9.88 Å². The van der Waals surface area contributed by atoms with Crippen molar-refractivity contribution in [3.8, 4) is 33.2 Å². The lowest BCUT2D eigenvalue weighted by Gasteiger charge is -2.17. The highest BCUT2D eigenvalue weighted by Crippen LogP contribution is 2.39. The molecule has 3 rings (SSSR count). The SMILES string of the molecule is COc1cc(C(C#N)NC(=O)c2csc(-c3cccs3)n2)cc(OC)c1OC. The first-order chi connectivity index (χ1) is 13.6. The Balaban J connectivity index is 1.84. The minimum Gasteiger partial charge on any atom is -0.493 e. The van der Waals surface area contributed by atoms with Crippen LogP contribution >= 0.6 is 22.7 Å². The van der Waals surface area contributed by atoms with Gasteiger partial charge in [-0.1, -0.05) is 6.07 Å². The smallest absolute Gasteiger partial charge is 0.272 e. The predicted octanol–water partition coefficient (Wildman–Crippen LogP) is 3.89. The number of aromatic nitrogens is 1. The van der Waals surface area contributed by atoms with Gasteiger partial charge in [0, 0.05) is 5.38 Å². The van der Waals surface area contributed by atoms with Gasteiger partial charge in [-0.25, -0.2) is 4.98 Å². The molecule has 3 aromatic rings. The van der Waals surface area contributed by atoms with Crippen molar-refractivity contribution >= 4 is 28.6 Å². The summed E-state index contributed by atoms with van der Waals surface area (Å²) < 4.78 is 15.9. The minimum absolute atomic E-state index is 0.265. The summed E-state index contributed by atoms with van der Waals surface area (Å²) in [5.74, 6) is 0.788. The van der Waals surface area contributed by atoms with Crippen LogP contribution in [0.2, 0.25) is 0 Å². The fourth-order valence-electron chi connectivity index (χ4n) is 2.55. The second-order valence-electron chi connectivity index (χ2n) is 5.51. The van der Waals surface area contributed by atoms with E-state index in [2.05, 4.69) is 16.4 Å². The fraction of sp³-hybridized carbons (Fsp3) is 0.211. The van der Waals surface area contributed by atoms with Gasteiger partial charge in [-0.3, -0.25) is 4.79 Å². The molecule has 0 saturated carbocycles. The maximum atomic E-state index is 12.6. The first-order valence-corrected chi connectivity index (χ1v) is 9.87. The van der Waals surface area contributed by atoms with Gasteiger partial charge in [-0.2, -0.15) is 5.26 Å². The molecule has 0 radical (unpaired) electrons. The molecule has 0 saturated heterocycles. The summed E-state index contributed by atoms with van der Waals surface area (Å²) in [5.41, 5.74) is 0.778. The molecule has 0 aliphatic heterocycles. The Labute approximate surface area is 170 Å². The van der Waals surface area contributed by atoms with Crippen molar-refractivity contribution in [3.63, 3.8) is 0 Å². The van der Waals surface area contributed by atoms with Crippen LogP contribution in [0, 0.1) is 11.3 Å². The lowest BCUT2D eigenvalue weighted by molar-refractivity contribution is 0.0941. The zero-order valence-corrected chi connectivity index (χ0v) is 17.0. The van der Waals surface area contributed by atoms with Crippen molar-refractivity contribution in [2.45, 2.75) is 6.04 Å². The van der Waals surface area contributed by atoms with Crippen molar-refractivity contribution in [1.29, 1.82) is 5.26 Å². The van der Waals surface area contributed by atoms with E-state index in [4.69, 9.17) is 14.2 Å². The van der Waals surface area contributed by atoms with Gasteiger partial charge in [-0.15, -0.1) is 22.7 Å². The zero-order chi connectivity index (χ0) is 20.1. The van der Waals surface area contributed by atoms with Crippen LogP contribution in [0.15, 0.2) is 35.0 Å². The molecule has 0 fully saturated rings. The summed E-state index contributed by atoms with van der Waals surface area (Å²) in [7, 11) is 4.47. The van der Waals surface area contributed by atoms with Gasteiger partial charge in [0.15, 0.2) is 11.5 Å². The van der Waals surface area contributed by atoms with Gasteiger partial charge in [0.1, 0.15) is 16.7 Å². The van der Waals surface area contributed by atoms with E-state index in [0.717, 1.165) is 9.88 Å². The molecule has 0 aliphatic carbocycles. The van der Waals surface area contributed by atoms with Crippen molar-refractivity contribution in [2.24, 2.45) is 0 Å². The molecule has 1 unspecified atom stereocenters. The largest absolute Gasteiger partial charge is 0.493 e. The van der Waals surface area contributed by atoms with Crippen LogP contribution < -0.4 is 19.5 Å². The first kappa shape index (κ1) is 19.7. The van der Waals surface area contributed by atoms with Crippen molar-refractivity contribution in [3.05, 3.63) is 46.3 Å². The van der Waals surface area contributed by atoms with Crippen LogP contribution in [0.4, 0.5) is 0 Å². The van der Waals surface area contributed by atoms with Crippen LogP contribution in [0.5, 0.6) is 17.2 Å². The lowest BCUT2D eigenvalue weighted by atomic mass is 10.1. The van der Waals surface area contributed by atoms with E-state index in [1.165, 1.54) is 32.7 Å². The first-order valence-electron chi connectivity index (χ1n) is 8.11. The molecule has 0 bridgehead atoms. The van der Waals surface area contributed by atoms with Crippen LogP contribution in [0.3, 0.4) is 0 Å². The Morgan fingerprint density at radius 2 is 1.89 bits per heavy atom. The molecule has 2 aromatic heterocycles. The number of rotatable bonds is 7. The molecule has 1 N–H and O–H groups in total. The highest BCUT2D eigenvalue weighted by atomic mass is 32.1. The van der Waals surface area contributed by atoms with Crippen molar-refractivity contribution in [1.82, 2.24) is 10.3 Å². The van der Waals surface area contributed by atoms with Gasteiger partial charge >= 0.3 is 0 Å². The second kappa shape index (κ2) is 8.73. The Kier molecular flexibility index (Phi) is 6.13. The molecule has 144 valence electrons. The number of nitrogens with one attached hydrogen (secondary N) is 1. The molecule has 1 aromatic carbocycles. The number of carbonyl (C=O) groups is 1. The number of benzene rings is 1. The Morgan fingerprint density at radius 3 is 2.43 bits per heavy atom. The van der Waals surface area contributed by atoms with E-state index in [0.29, 0.717) is 22.8 Å². The zero-order valence-electron chi connectivity index (χ0n) is 15.4. The molecule has 2 heterocycles. The predicted molar refractivity (Wildman–Crippen MR) is 107 cm³/mol. The van der Waals surface area contributed by atoms with Gasteiger partial charge < -0.3 is 19.5 Å². The number of thiazole rings is 1. The van der Waals surface area contributed by atoms with Gasteiger partial charge in [0.2, 0.25) is 5.75 Å². The lowest BCUT2D eigenvalue weighted by Crippen LogP contribution is -2.28. The van der Waals surface area contributed by atoms with Gasteiger partial charge in [0.05, 0.1) is 32.3 Å². The van der Waals surface area contributed by atoms with E-state index in [1.54, 1.807) is 28.8 Å². The number of carbonyl (C=O) groups excluding carboxylic acids is 1. The highest BCUT2D eigenvalue weighted by Gasteiger charge is 2.22. The standard InChI is InChI=1S/C19H17N3O4S2/c1-24-14-7-11(8-15(25-2)17(14)26-3)12(9-20)21-18(23)13-10-28-19(22-13)16-5-4-6-27-16/h4-8,10,12H,1-3H3,(H,21,23). The number of hydrogen-bond donors (Lipinski definition) is 1. The summed E-state index contributed by atoms with van der Waals surface area (Å²) >= 11 is 2.93. The third kappa shape index (κ3) is 3.93. The molecule has 1 amide bonds. The van der Waals surface area contributed by atoms with E-state index in [-0.39, 0.29) is 5.69 Å². The Hall–Kier alpha value is -3.09. The monoisotopic (exact) mass is 415 g/mol. The summed E-state index contributed by atoms with van der Waals surface area (Å²) in [5, 5.41) is 16.7. The van der Waals surface area contributed by atoms with E-state index in [1.807, 2.05) is 17.5 Å². The average molecular weight is 415 g/mol. The highest BCUT2D eigenvalue weighted by molar-refractivity contribution is 7.20. The quantitative estimate of drug-likeness (QED) is 0.629. The maximum Gasteiger partial charge on any atom is 0.272 e. The Morgan fingerprint density at radius 1 is 1.18 bits per heavy atom. The van der Waals surface area contributed by atoms with Gasteiger partial charge in [0.25, 0.3) is 5.91 Å². The average Bonchev–Trinajstić information content (AvgIpc) is 3.42. The van der Waals surface area contributed by atoms with Crippen LogP contribution in [-0.4, -0.2) is 32.2 Å². The maximum absolute atomic E-state index is 12.6. The van der Waals surface area contributed by atoms with Crippen LogP contribution in [-0.2, 0) is 0 Å². The summed E-state index contributed by atoms with van der Waals surface area (Å²) in [6, 6.07) is 8.31. The summed E-state index contributed by atoms with van der Waals surface area (Å²) in [6.45, 7) is 0. The number of nitriles is 1. The third-order valence-corrected chi connectivity index (χ3v) is 5.78. The molecule has 28 heavy (non-hydrogen) atoms. The number of nitrogens with zero attached hydrogens (tertiary/aromatic N) is 2. The van der Waals surface area contributed by atoms with E-state index < -0.39 is 11.9 Å². The number of thiophene rings is 1. The number of hydrogen-bond acceptors (Lipinski definition) is 8. The Bertz CT molecular complexity index is 984. The summed E-state index contributed by atoms with van der Waals surface area (Å²) in [6.07, 6.45) is 0. The van der Waals surface area contributed by atoms with Crippen molar-refractivity contribution < 1.29 is 19.0 Å². The normalized spacial score (nSPS) is 11.4. The molecule has 0 aliphatic rings. The van der Waals surface area contributed by atoms with Crippen LogP contribution in [0.1, 0.15) is 22.1 Å². The number of amides is 1. The molecular weight excluding hydrogens is 398 g/mol. The number of ether oxygens (including phenoxy) is 3. The fourth-order valence-corrected chi connectivity index (χ4v) is 4.17. The molecule has 9 heteroatoms. The topological polar surface area (TPSA) is 93.5 Å². The second-order valence-corrected chi connectivity index (χ2v) is 7.32. The van der Waals surface area contributed by atoms with E-state index in [9.17, 15) is 10.1 Å². The molecule has 1 atom stereocenters. The molecular formula is C19H17N3O4S2. The van der Waals surface area contributed by atoms with Crippen molar-refractivity contribution in [2.75, 3.05) is 21.3 Å². The molecule has 7 nitrogen and oxygen atoms in total. The van der Waals surface area contributed by atoms with E-state index >= 15 is 0 Å². The number of methoxy groups -OCH3 is 3. The molecule has 0 spiro atoms. The summed E-state index contributed by atoms with van der Waals surface area (Å²) in [4.78, 5) is 18.0. The van der Waals surface area contributed by atoms with Gasteiger partial charge in [-0.05, 0) is 29.1 Å².